The Kier molecular flexibility index (Phi) is 5.75. The van der Waals surface area contributed by atoms with Gasteiger partial charge in [-0.2, -0.15) is 4.31 Å². The van der Waals surface area contributed by atoms with Gasteiger partial charge in [0.25, 0.3) is 0 Å². The van der Waals surface area contributed by atoms with Crippen LogP contribution in [0.15, 0.2) is 65.7 Å². The first-order chi connectivity index (χ1) is 14.9. The van der Waals surface area contributed by atoms with E-state index in [4.69, 9.17) is 15.9 Å². The van der Waals surface area contributed by atoms with Crippen molar-refractivity contribution in [3.63, 3.8) is 0 Å². The van der Waals surface area contributed by atoms with Gasteiger partial charge in [-0.1, -0.05) is 24.3 Å². The molecule has 7 nitrogen and oxygen atoms in total. The summed E-state index contributed by atoms with van der Waals surface area (Å²) in [5.74, 6) is 0.913. The summed E-state index contributed by atoms with van der Waals surface area (Å²) in [5, 5.41) is 6.53. The minimum atomic E-state index is -3.47. The van der Waals surface area contributed by atoms with Crippen LogP contribution in [0, 0.1) is 0 Å². The van der Waals surface area contributed by atoms with E-state index in [0.29, 0.717) is 35.7 Å². The molecule has 0 aliphatic carbocycles. The van der Waals surface area contributed by atoms with Gasteiger partial charge in [-0.3, -0.25) is 5.41 Å². The molecule has 0 spiro atoms. The summed E-state index contributed by atoms with van der Waals surface area (Å²) >= 11 is 0. The number of hydrogen-bond donors (Lipinski definition) is 2. The van der Waals surface area contributed by atoms with Crippen molar-refractivity contribution in [3.8, 4) is 16.9 Å². The van der Waals surface area contributed by atoms with Gasteiger partial charge >= 0.3 is 0 Å². The first-order valence-electron chi connectivity index (χ1n) is 10.0. The van der Waals surface area contributed by atoms with Crippen LogP contribution in [-0.4, -0.2) is 43.6 Å². The third-order valence-electron chi connectivity index (χ3n) is 5.51. The Hall–Kier alpha value is -3.23. The molecule has 4 N–H and O–H groups in total. The number of ether oxygens (including phenoxy) is 1. The number of pyridine rings is 1. The molecular weight excluding hydrogens is 412 g/mol. The van der Waals surface area contributed by atoms with Crippen molar-refractivity contribution in [2.75, 3.05) is 25.9 Å². The Labute approximate surface area is 182 Å². The number of nitrogens with zero attached hydrogens (tertiary/aromatic N) is 2. The standard InChI is InChI=1S/C23H24N4O3S/c1-30-20-7-3-2-6-19(20)22(24)21-18(12-13-26-23(21)25)16-8-10-17(11-9-16)31(28,29)27-14-4-5-15-27/h2-3,6-13,24H,4-5,14-15H2,1H3,(H2,25,26)/p+1. The Bertz CT molecular complexity index is 1220. The van der Waals surface area contributed by atoms with E-state index in [1.165, 1.54) is 4.31 Å². The molecule has 1 aliphatic rings. The van der Waals surface area contributed by atoms with E-state index in [1.807, 2.05) is 30.3 Å². The van der Waals surface area contributed by atoms with Gasteiger partial charge in [0.1, 0.15) is 11.6 Å². The van der Waals surface area contributed by atoms with Gasteiger partial charge in [-0.15, -0.1) is 0 Å². The zero-order chi connectivity index (χ0) is 22.0. The number of hydrogen-bond acceptors (Lipinski definition) is 5. The van der Waals surface area contributed by atoms with Crippen LogP contribution in [0.25, 0.3) is 11.1 Å². The molecule has 0 bridgehead atoms. The second-order valence-corrected chi connectivity index (χ2v) is 9.31. The number of methoxy groups -OCH3 is 1. The van der Waals surface area contributed by atoms with Crippen LogP contribution in [0.4, 0.5) is 5.82 Å². The maximum absolute atomic E-state index is 12.8. The van der Waals surface area contributed by atoms with Gasteiger partial charge < -0.3 is 10.5 Å². The lowest BCUT2D eigenvalue weighted by Gasteiger charge is -2.16. The molecule has 3 aromatic rings. The topological polar surface area (TPSA) is 111 Å². The first-order valence-corrected chi connectivity index (χ1v) is 11.5. The molecule has 1 saturated heterocycles. The van der Waals surface area contributed by atoms with Crippen molar-refractivity contribution in [2.45, 2.75) is 17.7 Å². The fourth-order valence-corrected chi connectivity index (χ4v) is 5.40. The number of rotatable bonds is 6. The molecule has 1 aromatic heterocycles. The minimum absolute atomic E-state index is 0.281. The van der Waals surface area contributed by atoms with Crippen molar-refractivity contribution in [1.29, 1.82) is 0 Å². The van der Waals surface area contributed by atoms with Crippen LogP contribution in [0.2, 0.25) is 0 Å². The predicted octanol–water partition coefficient (Wildman–Crippen LogP) is 1.72. The SMILES string of the molecule is COc1ccccc1C(=[NH2+])c1c(-c2ccc(S(=O)(=O)N3CCCC3)cc2)ccnc1N. The van der Waals surface area contributed by atoms with Gasteiger partial charge in [0.15, 0.2) is 0 Å². The maximum atomic E-state index is 12.8. The van der Waals surface area contributed by atoms with E-state index in [1.54, 1.807) is 37.6 Å². The number of nitrogens with two attached hydrogens (primary N) is 2. The maximum Gasteiger partial charge on any atom is 0.243 e. The lowest BCUT2D eigenvalue weighted by molar-refractivity contribution is -0.111. The second-order valence-electron chi connectivity index (χ2n) is 7.37. The van der Waals surface area contributed by atoms with Crippen molar-refractivity contribution >= 4 is 21.6 Å². The zero-order valence-electron chi connectivity index (χ0n) is 17.3. The molecule has 0 saturated carbocycles. The molecule has 0 atom stereocenters. The van der Waals surface area contributed by atoms with E-state index in [0.717, 1.165) is 24.0 Å². The third-order valence-corrected chi connectivity index (χ3v) is 7.43. The second kappa shape index (κ2) is 8.49. The summed E-state index contributed by atoms with van der Waals surface area (Å²) in [6.07, 6.45) is 3.41. The highest BCUT2D eigenvalue weighted by atomic mass is 32.2. The van der Waals surface area contributed by atoms with Gasteiger partial charge in [0.2, 0.25) is 15.7 Å². The number of aromatic nitrogens is 1. The van der Waals surface area contributed by atoms with Crippen LogP contribution in [0.3, 0.4) is 0 Å². The quantitative estimate of drug-likeness (QED) is 0.571. The number of sulfonamides is 1. The summed E-state index contributed by atoms with van der Waals surface area (Å²) in [6, 6.07) is 16.0. The summed E-state index contributed by atoms with van der Waals surface area (Å²) in [5.41, 5.74) is 9.50. The van der Waals surface area contributed by atoms with Crippen LogP contribution in [-0.2, 0) is 10.0 Å². The highest BCUT2D eigenvalue weighted by Crippen LogP contribution is 2.31. The van der Waals surface area contributed by atoms with Gasteiger partial charge in [0, 0.05) is 24.8 Å². The number of nitrogen functional groups attached to an aromatic ring is 1. The van der Waals surface area contributed by atoms with E-state index in [2.05, 4.69) is 4.98 Å². The Balaban J connectivity index is 1.74. The van der Waals surface area contributed by atoms with Gasteiger partial charge in [-0.05, 0) is 48.7 Å². The fourth-order valence-electron chi connectivity index (χ4n) is 3.89. The fraction of sp³-hybridized carbons (Fsp3) is 0.217. The largest absolute Gasteiger partial charge is 0.496 e. The average Bonchev–Trinajstić information content (AvgIpc) is 3.34. The van der Waals surface area contributed by atoms with Gasteiger partial charge in [0.05, 0.1) is 23.1 Å². The van der Waals surface area contributed by atoms with Crippen LogP contribution >= 0.6 is 0 Å². The monoisotopic (exact) mass is 437 g/mol. The Morgan fingerprint density at radius 1 is 1.06 bits per heavy atom. The van der Waals surface area contributed by atoms with E-state index in [-0.39, 0.29) is 10.7 Å². The highest BCUT2D eigenvalue weighted by Gasteiger charge is 2.27. The first kappa shape index (κ1) is 21.0. The summed E-state index contributed by atoms with van der Waals surface area (Å²) < 4.78 is 32.6. The molecule has 2 aromatic carbocycles. The average molecular weight is 438 g/mol. The van der Waals surface area contributed by atoms with Crippen molar-refractivity contribution in [2.24, 2.45) is 0 Å². The molecule has 4 rings (SSSR count). The number of anilines is 1. The number of benzene rings is 2. The van der Waals surface area contributed by atoms with E-state index in [9.17, 15) is 8.42 Å². The van der Waals surface area contributed by atoms with Crippen LogP contribution in [0.5, 0.6) is 5.75 Å². The molecule has 160 valence electrons. The van der Waals surface area contributed by atoms with Crippen molar-refractivity contribution < 1.29 is 18.6 Å². The lowest BCUT2D eigenvalue weighted by Crippen LogP contribution is -2.42. The molecule has 0 amide bonds. The molecule has 1 fully saturated rings. The Morgan fingerprint density at radius 2 is 1.74 bits per heavy atom. The van der Waals surface area contributed by atoms with Crippen molar-refractivity contribution in [3.05, 3.63) is 71.9 Å². The third kappa shape index (κ3) is 3.92. The van der Waals surface area contributed by atoms with Gasteiger partial charge in [-0.25, -0.2) is 13.4 Å². The normalized spacial score (nSPS) is 14.5. The molecule has 2 heterocycles. The van der Waals surface area contributed by atoms with Crippen LogP contribution < -0.4 is 15.9 Å². The van der Waals surface area contributed by atoms with Crippen LogP contribution in [0.1, 0.15) is 24.0 Å². The molecule has 8 heteroatoms. The highest BCUT2D eigenvalue weighted by molar-refractivity contribution is 7.89. The smallest absolute Gasteiger partial charge is 0.243 e. The van der Waals surface area contributed by atoms with E-state index >= 15 is 0 Å². The molecule has 0 unspecified atom stereocenters. The minimum Gasteiger partial charge on any atom is -0.496 e. The lowest BCUT2D eigenvalue weighted by atomic mass is 9.94. The molecular formula is C23H25N4O3S+. The van der Waals surface area contributed by atoms with E-state index < -0.39 is 10.0 Å². The summed E-state index contributed by atoms with van der Waals surface area (Å²) in [4.78, 5) is 4.49. The molecule has 0 radical (unpaired) electrons. The summed E-state index contributed by atoms with van der Waals surface area (Å²) in [6.45, 7) is 1.14. The molecule has 1 aliphatic heterocycles. The summed E-state index contributed by atoms with van der Waals surface area (Å²) in [7, 11) is -1.89. The number of para-hydroxylation sites is 1. The predicted molar refractivity (Wildman–Crippen MR) is 120 cm³/mol. The van der Waals surface area contributed by atoms with Crippen molar-refractivity contribution in [1.82, 2.24) is 9.29 Å². The zero-order valence-corrected chi connectivity index (χ0v) is 18.1. The molecule has 31 heavy (non-hydrogen) atoms. The Morgan fingerprint density at radius 3 is 2.42 bits per heavy atom.